The number of methoxy groups -OCH3 is 1. The highest BCUT2D eigenvalue weighted by molar-refractivity contribution is 5.94. The standard InChI is InChI=1S/C25H20N2.2C10H9NO.C9H9NO.C7H7NO2.C7H9NO2.C6H7NO2/c26-19-13-9-17(10-14-19)25(18-11-15-20(27)16-12-18)23-7-3-1-5-21(23)22-6-2-4-8-24(22)25;11-10-3-1-2-7-6-8(12)4-5-9(7)10;11-8-4-5-9-7(6-8)2-1-3-10(9)12;1-2-7-11-9-5-3-8(10)4-6-9;8-5-1-2-6-7(3-5)10-4-9-6;1-10-7-3-2-5(8)4-6(7)9;7-4-1-2-5(8)6(9)3-4/h1-16H,26-27H2;2*1-6,12H,11H2;1,3-6H,7,10H2;1-3H,4,8H2;2-4,9H,8H2,1H3;1-3,8-9H,7H2. The number of fused-ring (bicyclic) bond motifs is 6. The van der Waals surface area contributed by atoms with E-state index in [4.69, 9.17) is 86.6 Å². The van der Waals surface area contributed by atoms with Crippen molar-refractivity contribution < 1.29 is 44.5 Å². The molecule has 0 saturated heterocycles. The van der Waals surface area contributed by atoms with Gasteiger partial charge in [0.1, 0.15) is 23.9 Å². The van der Waals surface area contributed by atoms with Gasteiger partial charge < -0.3 is 90.3 Å². The van der Waals surface area contributed by atoms with Gasteiger partial charge in [-0.2, -0.15) is 0 Å². The molecule has 91 heavy (non-hydrogen) atoms. The molecule has 0 fully saturated rings. The summed E-state index contributed by atoms with van der Waals surface area (Å²) < 4.78 is 20.1. The molecule has 0 radical (unpaired) electrons. The second-order valence-corrected chi connectivity index (χ2v) is 20.4. The van der Waals surface area contributed by atoms with Crippen LogP contribution in [0.5, 0.6) is 51.7 Å². The van der Waals surface area contributed by atoms with E-state index in [1.165, 1.54) is 64.8 Å². The molecule has 1 heterocycles. The number of hydrogen-bond donors (Lipinski definition) is 13. The maximum Gasteiger partial charge on any atom is 0.231 e. The van der Waals surface area contributed by atoms with Gasteiger partial charge in [-0.15, -0.1) is 6.42 Å². The van der Waals surface area contributed by atoms with Crippen LogP contribution in [0.1, 0.15) is 22.3 Å². The SMILES string of the molecule is C#CCOc1ccc(N)cc1.COc1ccc(N)cc1O.Nc1ccc(C2(c3ccc(N)cc3)c3ccccc3-c3ccccc32)cc1.Nc1ccc(O)c(O)c1.Nc1ccc2c(O)cccc2c1.Nc1ccc2c(c1)OCO2.Nc1cccc2cc(O)ccc12. The quantitative estimate of drug-likeness (QED) is 0.0329. The first-order valence-electron chi connectivity index (χ1n) is 28.2. The number of phenols is 5. The smallest absolute Gasteiger partial charge is 0.231 e. The Kier molecular flexibility index (Phi) is 21.3. The lowest BCUT2D eigenvalue weighted by Crippen LogP contribution is -2.28. The molecule has 0 amide bonds. The Morgan fingerprint density at radius 2 is 0.901 bits per heavy atom. The topological polar surface area (TPSA) is 346 Å². The van der Waals surface area contributed by atoms with Gasteiger partial charge in [0.25, 0.3) is 0 Å². The zero-order valence-electron chi connectivity index (χ0n) is 49.7. The number of aromatic hydroxyl groups is 5. The minimum absolute atomic E-state index is 0.0718. The van der Waals surface area contributed by atoms with E-state index >= 15 is 0 Å². The summed E-state index contributed by atoms with van der Waals surface area (Å²) >= 11 is 0. The van der Waals surface area contributed by atoms with Crippen molar-refractivity contribution in [2.75, 3.05) is 66.4 Å². The average molecular weight is 1220 g/mol. The molecule has 17 nitrogen and oxygen atoms in total. The van der Waals surface area contributed by atoms with Gasteiger partial charge in [-0.3, -0.25) is 0 Å². The number of ether oxygens (including phenoxy) is 4. The number of nitrogen functional groups attached to an aromatic ring is 8. The summed E-state index contributed by atoms with van der Waals surface area (Å²) in [5.41, 5.74) is 57.4. The van der Waals surface area contributed by atoms with E-state index in [1.54, 1.807) is 84.9 Å². The van der Waals surface area contributed by atoms with Crippen molar-refractivity contribution in [3.63, 3.8) is 0 Å². The van der Waals surface area contributed by atoms with Crippen LogP contribution in [0.15, 0.2) is 249 Å². The van der Waals surface area contributed by atoms with Crippen molar-refractivity contribution in [2.45, 2.75) is 5.41 Å². The molecule has 0 aromatic heterocycles. The minimum atomic E-state index is -0.380. The Balaban J connectivity index is 0.000000144. The highest BCUT2D eigenvalue weighted by Gasteiger charge is 2.45. The van der Waals surface area contributed by atoms with Gasteiger partial charge >= 0.3 is 0 Å². The lowest BCUT2D eigenvalue weighted by molar-refractivity contribution is 0.174. The van der Waals surface area contributed by atoms with Crippen LogP contribution in [0.4, 0.5) is 45.5 Å². The number of rotatable bonds is 5. The van der Waals surface area contributed by atoms with Crippen molar-refractivity contribution in [2.24, 2.45) is 0 Å². The van der Waals surface area contributed by atoms with Crippen LogP contribution in [-0.4, -0.2) is 46.0 Å². The van der Waals surface area contributed by atoms with Crippen molar-refractivity contribution in [3.05, 3.63) is 271 Å². The van der Waals surface area contributed by atoms with E-state index in [1.807, 2.05) is 66.7 Å². The second-order valence-electron chi connectivity index (χ2n) is 20.4. The molecule has 0 bridgehead atoms. The lowest BCUT2D eigenvalue weighted by atomic mass is 9.67. The monoisotopic (exact) mass is 1210 g/mol. The molecule has 0 atom stereocenters. The van der Waals surface area contributed by atoms with Crippen LogP contribution < -0.4 is 64.8 Å². The van der Waals surface area contributed by atoms with E-state index in [-0.39, 0.29) is 28.4 Å². The summed E-state index contributed by atoms with van der Waals surface area (Å²) in [4.78, 5) is 0. The predicted molar refractivity (Wildman–Crippen MR) is 368 cm³/mol. The first kappa shape index (κ1) is 64.3. The van der Waals surface area contributed by atoms with Crippen molar-refractivity contribution in [1.29, 1.82) is 0 Å². The Morgan fingerprint density at radius 3 is 1.47 bits per heavy atom. The van der Waals surface area contributed by atoms with Crippen LogP contribution in [0.2, 0.25) is 0 Å². The number of anilines is 8. The number of phenolic OH excluding ortho intramolecular Hbond substituents is 5. The van der Waals surface area contributed by atoms with Gasteiger partial charge in [-0.1, -0.05) is 103 Å². The molecule has 2 aliphatic rings. The average Bonchev–Trinajstić information content (AvgIpc) is 1.56. The summed E-state index contributed by atoms with van der Waals surface area (Å²) in [7, 11) is 1.49. The fourth-order valence-electron chi connectivity index (χ4n) is 9.92. The van der Waals surface area contributed by atoms with E-state index in [0.717, 1.165) is 61.5 Å². The molecular weight excluding hydrogens is 1140 g/mol. The molecule has 1 aliphatic heterocycles. The van der Waals surface area contributed by atoms with Gasteiger partial charge in [-0.05, 0) is 178 Å². The zero-order valence-corrected chi connectivity index (χ0v) is 49.7. The summed E-state index contributed by atoms with van der Waals surface area (Å²) in [6.45, 7) is 0.600. The number of hydrogen-bond acceptors (Lipinski definition) is 17. The summed E-state index contributed by atoms with van der Waals surface area (Å²) in [5.74, 6) is 5.38. The highest BCUT2D eigenvalue weighted by atomic mass is 16.7. The molecule has 0 saturated carbocycles. The van der Waals surface area contributed by atoms with Crippen LogP contribution in [0, 0.1) is 12.3 Å². The lowest BCUT2D eigenvalue weighted by Gasteiger charge is -2.34. The Bertz CT molecular complexity index is 4270. The molecule has 1 aliphatic carbocycles. The Morgan fingerprint density at radius 1 is 0.418 bits per heavy atom. The first-order chi connectivity index (χ1) is 43.9. The van der Waals surface area contributed by atoms with Crippen molar-refractivity contribution in [3.8, 4) is 75.2 Å². The van der Waals surface area contributed by atoms with E-state index in [9.17, 15) is 10.2 Å². The molecule has 12 aromatic carbocycles. The molecule has 460 valence electrons. The summed E-state index contributed by atoms with van der Waals surface area (Å²) in [6.07, 6.45) is 5.01. The van der Waals surface area contributed by atoms with E-state index < -0.39 is 0 Å². The number of nitrogens with two attached hydrogens (primary N) is 8. The maximum atomic E-state index is 9.42. The first-order valence-corrected chi connectivity index (χ1v) is 28.2. The van der Waals surface area contributed by atoms with Crippen LogP contribution in [0.3, 0.4) is 0 Å². The van der Waals surface area contributed by atoms with E-state index in [2.05, 4.69) is 78.7 Å². The third kappa shape index (κ3) is 16.2. The fourth-order valence-corrected chi connectivity index (χ4v) is 9.92. The normalized spacial score (nSPS) is 11.3. The minimum Gasteiger partial charge on any atom is -0.508 e. The number of benzene rings is 12. The van der Waals surface area contributed by atoms with Crippen molar-refractivity contribution in [1.82, 2.24) is 0 Å². The van der Waals surface area contributed by atoms with Crippen LogP contribution in [0.25, 0.3) is 32.7 Å². The molecule has 21 N–H and O–H groups in total. The van der Waals surface area contributed by atoms with Gasteiger partial charge in [0, 0.05) is 74.5 Å². The molecule has 17 heteroatoms. The van der Waals surface area contributed by atoms with Gasteiger partial charge in [-0.25, -0.2) is 0 Å². The summed E-state index contributed by atoms with van der Waals surface area (Å²) in [5, 5.41) is 49.0. The maximum absolute atomic E-state index is 9.42. The Hall–Kier alpha value is -12.7. The fraction of sp³-hybridized carbons (Fsp3) is 0.0541. The number of terminal acetylenes is 1. The Labute approximate surface area is 527 Å². The third-order valence-corrected chi connectivity index (χ3v) is 14.2. The molecular formula is C74H70N8O9. The highest BCUT2D eigenvalue weighted by Crippen LogP contribution is 2.56. The zero-order chi connectivity index (χ0) is 65.0. The summed E-state index contributed by atoms with van der Waals surface area (Å²) in [6, 6.07) is 76.8. The molecule has 12 aromatic rings. The van der Waals surface area contributed by atoms with Crippen molar-refractivity contribution >= 4 is 67.0 Å². The molecule has 0 unspecified atom stereocenters. The van der Waals surface area contributed by atoms with E-state index in [0.29, 0.717) is 47.6 Å². The molecule has 14 rings (SSSR count). The second kappa shape index (κ2) is 30.1. The van der Waals surface area contributed by atoms with Crippen LogP contribution in [-0.2, 0) is 5.41 Å². The van der Waals surface area contributed by atoms with Gasteiger partial charge in [0.15, 0.2) is 34.5 Å². The largest absolute Gasteiger partial charge is 0.508 e. The van der Waals surface area contributed by atoms with Gasteiger partial charge in [0.05, 0.1) is 12.5 Å². The van der Waals surface area contributed by atoms with Gasteiger partial charge in [0.2, 0.25) is 6.79 Å². The van der Waals surface area contributed by atoms with Crippen LogP contribution >= 0.6 is 0 Å². The molecule has 0 spiro atoms. The predicted octanol–water partition coefficient (Wildman–Crippen LogP) is 13.4. The third-order valence-electron chi connectivity index (χ3n) is 14.2.